The maximum atomic E-state index is 13.5. The van der Waals surface area contributed by atoms with Crippen molar-refractivity contribution < 1.29 is 27.5 Å². The van der Waals surface area contributed by atoms with Crippen molar-refractivity contribution in [1.29, 1.82) is 0 Å². The molecule has 3 amide bonds. The Hall–Kier alpha value is -2.91. The van der Waals surface area contributed by atoms with Gasteiger partial charge in [-0.3, -0.25) is 9.59 Å². The van der Waals surface area contributed by atoms with Gasteiger partial charge in [-0.05, 0) is 55.0 Å². The Labute approximate surface area is 228 Å². The summed E-state index contributed by atoms with van der Waals surface area (Å²) in [4.78, 5) is 42.3. The molecule has 38 heavy (non-hydrogen) atoms. The van der Waals surface area contributed by atoms with Crippen LogP contribution >= 0.6 is 11.6 Å². The average Bonchev–Trinajstić information content (AvgIpc) is 3.27. The van der Waals surface area contributed by atoms with Gasteiger partial charge < -0.3 is 9.64 Å². The zero-order valence-electron chi connectivity index (χ0n) is 21.6. The van der Waals surface area contributed by atoms with Gasteiger partial charge >= 0.3 is 6.09 Å². The first-order valence-corrected chi connectivity index (χ1v) is 14.8. The number of rotatable bonds is 8. The lowest BCUT2D eigenvalue weighted by atomic mass is 9.89. The Morgan fingerprint density at radius 1 is 1.03 bits per heavy atom. The second-order valence-corrected chi connectivity index (χ2v) is 12.9. The van der Waals surface area contributed by atoms with Crippen LogP contribution in [0, 0.1) is 11.8 Å². The van der Waals surface area contributed by atoms with Crippen LogP contribution in [0.25, 0.3) is 0 Å². The first-order valence-electron chi connectivity index (χ1n) is 12.9. The largest absolute Gasteiger partial charge is 0.447 e. The monoisotopic (exact) mass is 560 g/mol. The highest BCUT2D eigenvalue weighted by atomic mass is 35.5. The van der Waals surface area contributed by atoms with Gasteiger partial charge in [0.25, 0.3) is 0 Å². The molecule has 2 saturated heterocycles. The maximum absolute atomic E-state index is 13.5. The van der Waals surface area contributed by atoms with Gasteiger partial charge in [-0.2, -0.15) is 0 Å². The summed E-state index contributed by atoms with van der Waals surface area (Å²) in [5.74, 6) is -1.49. The van der Waals surface area contributed by atoms with Crippen LogP contribution in [-0.2, 0) is 30.6 Å². The smallest absolute Gasteiger partial charge is 0.416 e. The predicted octanol–water partition coefficient (Wildman–Crippen LogP) is 4.36. The molecule has 0 bridgehead atoms. The quantitative estimate of drug-likeness (QED) is 0.475. The van der Waals surface area contributed by atoms with Crippen molar-refractivity contribution in [2.24, 2.45) is 11.8 Å². The Morgan fingerprint density at radius 3 is 2.26 bits per heavy atom. The Morgan fingerprint density at radius 2 is 1.66 bits per heavy atom. The first-order chi connectivity index (χ1) is 18.1. The summed E-state index contributed by atoms with van der Waals surface area (Å²) in [6.45, 7) is 4.41. The van der Waals surface area contributed by atoms with Crippen molar-refractivity contribution in [3.63, 3.8) is 0 Å². The summed E-state index contributed by atoms with van der Waals surface area (Å²) in [6.07, 6.45) is 0.380. The summed E-state index contributed by atoms with van der Waals surface area (Å²) in [6, 6.07) is 15.3. The fourth-order valence-electron chi connectivity index (χ4n) is 5.10. The number of nitrogens with zero attached hydrogens (tertiary/aromatic N) is 2. The minimum absolute atomic E-state index is 0.0487. The van der Waals surface area contributed by atoms with E-state index in [2.05, 4.69) is 0 Å². The molecule has 2 aliphatic rings. The molecule has 10 heteroatoms. The summed E-state index contributed by atoms with van der Waals surface area (Å²) < 4.78 is 31.3. The van der Waals surface area contributed by atoms with Crippen LogP contribution in [0.15, 0.2) is 59.5 Å². The number of amides is 3. The Balaban J connectivity index is 1.39. The summed E-state index contributed by atoms with van der Waals surface area (Å²) in [5, 5.41) is -0.124. The van der Waals surface area contributed by atoms with E-state index in [1.54, 1.807) is 17.0 Å². The van der Waals surface area contributed by atoms with Gasteiger partial charge in [-0.25, -0.2) is 18.1 Å². The van der Waals surface area contributed by atoms with E-state index in [4.69, 9.17) is 16.3 Å². The van der Waals surface area contributed by atoms with E-state index in [9.17, 15) is 22.8 Å². The molecule has 2 aliphatic heterocycles. The first kappa shape index (κ1) is 28.1. The SMILES string of the molecule is CC(C)[C@H](CC(=O)N1CCC(S(=O)(=O)c2ccc(Cl)cc2)CC1)C(=O)N1C(=O)OC[C@H]1Cc1ccccc1. The molecular formula is C28H33ClN2O6S. The number of hydrogen-bond donors (Lipinski definition) is 0. The molecule has 2 aromatic carbocycles. The van der Waals surface area contributed by atoms with Crippen molar-refractivity contribution in [2.75, 3.05) is 19.7 Å². The third-order valence-corrected chi connectivity index (χ3v) is 9.94. The minimum Gasteiger partial charge on any atom is -0.447 e. The fraction of sp³-hybridized carbons (Fsp3) is 0.464. The number of likely N-dealkylation sites (tertiary alicyclic amines) is 1. The number of ether oxygens (including phenoxy) is 1. The van der Waals surface area contributed by atoms with E-state index < -0.39 is 39.0 Å². The molecule has 0 aromatic heterocycles. The third-order valence-electron chi connectivity index (χ3n) is 7.40. The van der Waals surface area contributed by atoms with Crippen molar-refractivity contribution in [3.05, 3.63) is 65.2 Å². The van der Waals surface area contributed by atoms with Gasteiger partial charge in [0, 0.05) is 30.5 Å². The molecule has 204 valence electrons. The Bertz CT molecular complexity index is 1260. The van der Waals surface area contributed by atoms with Crippen LogP contribution in [0.2, 0.25) is 5.02 Å². The van der Waals surface area contributed by atoms with Gasteiger partial charge in [-0.15, -0.1) is 0 Å². The van der Waals surface area contributed by atoms with Crippen molar-refractivity contribution in [2.45, 2.75) is 55.7 Å². The summed E-state index contributed by atoms with van der Waals surface area (Å²) in [7, 11) is -3.54. The predicted molar refractivity (Wildman–Crippen MR) is 143 cm³/mol. The van der Waals surface area contributed by atoms with Crippen LogP contribution in [-0.4, -0.2) is 67.1 Å². The molecule has 0 N–H and O–H groups in total. The number of halogens is 1. The number of carbonyl (C=O) groups is 3. The maximum Gasteiger partial charge on any atom is 0.416 e. The molecule has 0 spiro atoms. The van der Waals surface area contributed by atoms with E-state index in [1.165, 1.54) is 17.0 Å². The molecule has 0 radical (unpaired) electrons. The molecule has 2 atom stereocenters. The van der Waals surface area contributed by atoms with Gasteiger partial charge in [0.15, 0.2) is 9.84 Å². The molecule has 8 nitrogen and oxygen atoms in total. The van der Waals surface area contributed by atoms with Crippen molar-refractivity contribution in [3.8, 4) is 0 Å². The van der Waals surface area contributed by atoms with Gasteiger partial charge in [0.05, 0.1) is 16.2 Å². The molecule has 0 unspecified atom stereocenters. The number of hydrogen-bond acceptors (Lipinski definition) is 6. The highest BCUT2D eigenvalue weighted by Crippen LogP contribution is 2.29. The molecule has 4 rings (SSSR count). The minimum atomic E-state index is -3.54. The van der Waals surface area contributed by atoms with Crippen LogP contribution < -0.4 is 0 Å². The third kappa shape index (κ3) is 6.21. The van der Waals surface area contributed by atoms with E-state index in [0.717, 1.165) is 5.56 Å². The second kappa shape index (κ2) is 11.9. The molecular weight excluding hydrogens is 528 g/mol. The zero-order valence-corrected chi connectivity index (χ0v) is 23.2. The fourth-order valence-corrected chi connectivity index (χ4v) is 6.96. The topological polar surface area (TPSA) is 101 Å². The van der Waals surface area contributed by atoms with Crippen LogP contribution in [0.1, 0.15) is 38.7 Å². The van der Waals surface area contributed by atoms with E-state index in [-0.39, 0.29) is 42.8 Å². The van der Waals surface area contributed by atoms with Crippen LogP contribution in [0.5, 0.6) is 0 Å². The highest BCUT2D eigenvalue weighted by Gasteiger charge is 2.43. The number of cyclic esters (lactones) is 1. The Kier molecular flexibility index (Phi) is 8.78. The van der Waals surface area contributed by atoms with Crippen molar-refractivity contribution in [1.82, 2.24) is 9.80 Å². The van der Waals surface area contributed by atoms with E-state index >= 15 is 0 Å². The van der Waals surface area contributed by atoms with Crippen LogP contribution in [0.4, 0.5) is 4.79 Å². The van der Waals surface area contributed by atoms with Gasteiger partial charge in [-0.1, -0.05) is 55.8 Å². The number of imide groups is 1. The van der Waals surface area contributed by atoms with Gasteiger partial charge in [0.1, 0.15) is 6.61 Å². The second-order valence-electron chi connectivity index (χ2n) is 10.3. The van der Waals surface area contributed by atoms with Crippen molar-refractivity contribution >= 4 is 39.3 Å². The van der Waals surface area contributed by atoms with Gasteiger partial charge in [0.2, 0.25) is 11.8 Å². The average molecular weight is 561 g/mol. The lowest BCUT2D eigenvalue weighted by molar-refractivity contribution is -0.142. The normalized spacial score (nSPS) is 19.5. The number of benzene rings is 2. The summed E-state index contributed by atoms with van der Waals surface area (Å²) in [5.41, 5.74) is 0.988. The van der Waals surface area contributed by atoms with Crippen LogP contribution in [0.3, 0.4) is 0 Å². The molecule has 2 heterocycles. The molecule has 2 fully saturated rings. The lowest BCUT2D eigenvalue weighted by Gasteiger charge is -2.33. The summed E-state index contributed by atoms with van der Waals surface area (Å²) >= 11 is 5.89. The van der Waals surface area contributed by atoms with E-state index in [1.807, 2.05) is 44.2 Å². The van der Waals surface area contributed by atoms with E-state index in [0.29, 0.717) is 24.3 Å². The number of sulfone groups is 1. The number of piperidine rings is 1. The molecule has 0 saturated carbocycles. The number of carbonyl (C=O) groups excluding carboxylic acids is 3. The lowest BCUT2D eigenvalue weighted by Crippen LogP contribution is -2.47. The molecule has 0 aliphatic carbocycles. The standard InChI is InChI=1S/C28H33ClN2O6S/c1-19(2)25(27(33)31-22(18-37-28(31)34)16-20-6-4-3-5-7-20)17-26(32)30-14-12-24(13-15-30)38(35,36)23-10-8-21(29)9-11-23/h3-11,19,22,24-25H,12-18H2,1-2H3/t22-,25+/m1/s1. The zero-order chi connectivity index (χ0) is 27.4. The molecule has 2 aromatic rings. The highest BCUT2D eigenvalue weighted by molar-refractivity contribution is 7.92.